The molecule has 0 unspecified atom stereocenters. The minimum absolute atomic E-state index is 0.161. The summed E-state index contributed by atoms with van der Waals surface area (Å²) in [5.74, 6) is -0.965. The monoisotopic (exact) mass is 404 g/mol. The van der Waals surface area contributed by atoms with Crippen molar-refractivity contribution in [2.75, 3.05) is 16.8 Å². The highest BCUT2D eigenvalue weighted by atomic mass is 16.6. The number of hydrogen-bond donors (Lipinski definition) is 2. The largest absolute Gasteiger partial charge is 0.368 e. The van der Waals surface area contributed by atoms with Crippen LogP contribution in [0.4, 0.5) is 17.1 Å². The van der Waals surface area contributed by atoms with E-state index >= 15 is 0 Å². The lowest BCUT2D eigenvalue weighted by molar-refractivity contribution is -0.384. The van der Waals surface area contributed by atoms with Crippen molar-refractivity contribution in [3.8, 4) is 0 Å². The summed E-state index contributed by atoms with van der Waals surface area (Å²) in [6.45, 7) is 0.497. The molecular weight excluding hydrogens is 384 g/mol. The number of nitrogens with two attached hydrogens (primary N) is 1. The maximum absolute atomic E-state index is 12.7. The number of nitrogens with one attached hydrogen (secondary N) is 1. The first-order valence-corrected chi connectivity index (χ1v) is 9.58. The number of rotatable bonds is 5. The van der Waals surface area contributed by atoms with Crippen LogP contribution in [-0.2, 0) is 4.79 Å². The lowest BCUT2D eigenvalue weighted by atomic mass is 10.1. The average Bonchev–Trinajstić information content (AvgIpc) is 3.23. The van der Waals surface area contributed by atoms with Gasteiger partial charge in [0.05, 0.1) is 4.92 Å². The Morgan fingerprint density at radius 1 is 1.07 bits per heavy atom. The molecule has 152 valence electrons. The van der Waals surface area contributed by atoms with Gasteiger partial charge in [-0.15, -0.1) is 0 Å². The van der Waals surface area contributed by atoms with Crippen LogP contribution < -0.4 is 16.0 Å². The summed E-state index contributed by atoms with van der Waals surface area (Å²) in [4.78, 5) is 37.2. The quantitative estimate of drug-likeness (QED) is 0.499. The van der Waals surface area contributed by atoms with Crippen molar-refractivity contribution in [3.63, 3.8) is 0 Å². The molecule has 3 aromatic rings. The molecule has 0 aromatic heterocycles. The first-order chi connectivity index (χ1) is 14.4. The van der Waals surface area contributed by atoms with Crippen LogP contribution in [0, 0.1) is 10.1 Å². The van der Waals surface area contributed by atoms with Crippen molar-refractivity contribution in [3.05, 3.63) is 76.3 Å². The Kier molecular flexibility index (Phi) is 5.05. The van der Waals surface area contributed by atoms with E-state index in [4.69, 9.17) is 5.73 Å². The number of carbonyl (C=O) groups is 2. The molecule has 1 atom stereocenters. The van der Waals surface area contributed by atoms with Gasteiger partial charge < -0.3 is 16.0 Å². The van der Waals surface area contributed by atoms with Gasteiger partial charge in [0.1, 0.15) is 11.7 Å². The van der Waals surface area contributed by atoms with E-state index in [1.165, 1.54) is 18.2 Å². The molecule has 4 rings (SSSR count). The van der Waals surface area contributed by atoms with Crippen LogP contribution in [-0.4, -0.2) is 29.3 Å². The zero-order chi connectivity index (χ0) is 21.3. The smallest absolute Gasteiger partial charge is 0.293 e. The van der Waals surface area contributed by atoms with Crippen LogP contribution in [0.1, 0.15) is 23.2 Å². The SMILES string of the molecule is NC(=O)[C@@H]1CCCN1c1ccc(C(=O)Nc2ccc3ccccc3c2)cc1[N+](=O)[O-]. The molecule has 8 heteroatoms. The standard InChI is InChI=1S/C22H20N4O4/c23-21(27)19-6-3-11-25(19)18-10-8-16(13-20(18)26(29)30)22(28)24-17-9-7-14-4-1-2-5-15(14)12-17/h1-2,4-5,7-10,12-13,19H,3,6,11H2,(H2,23,27)(H,24,28)/t19-/m0/s1. The minimum atomic E-state index is -0.582. The fraction of sp³-hybridized carbons (Fsp3) is 0.182. The molecule has 3 aromatic carbocycles. The van der Waals surface area contributed by atoms with E-state index in [0.717, 1.165) is 17.2 Å². The molecule has 0 aliphatic carbocycles. The van der Waals surface area contributed by atoms with E-state index in [9.17, 15) is 19.7 Å². The van der Waals surface area contributed by atoms with Gasteiger partial charge in [0.15, 0.2) is 0 Å². The maximum atomic E-state index is 12.7. The number of benzene rings is 3. The highest BCUT2D eigenvalue weighted by molar-refractivity contribution is 6.06. The van der Waals surface area contributed by atoms with E-state index in [1.54, 1.807) is 11.0 Å². The second-order valence-electron chi connectivity index (χ2n) is 7.23. The molecule has 1 heterocycles. The van der Waals surface area contributed by atoms with Gasteiger partial charge in [-0.2, -0.15) is 0 Å². The third-order valence-corrected chi connectivity index (χ3v) is 5.33. The second-order valence-corrected chi connectivity index (χ2v) is 7.23. The Morgan fingerprint density at radius 3 is 2.57 bits per heavy atom. The predicted octanol–water partition coefficient (Wildman–Crippen LogP) is 3.45. The molecule has 0 bridgehead atoms. The van der Waals surface area contributed by atoms with Gasteiger partial charge >= 0.3 is 0 Å². The van der Waals surface area contributed by atoms with Crippen LogP contribution in [0.5, 0.6) is 0 Å². The van der Waals surface area contributed by atoms with Gasteiger partial charge in [-0.3, -0.25) is 19.7 Å². The zero-order valence-electron chi connectivity index (χ0n) is 16.1. The van der Waals surface area contributed by atoms with Crippen molar-refractivity contribution >= 4 is 39.6 Å². The molecule has 1 aliphatic rings. The summed E-state index contributed by atoms with van der Waals surface area (Å²) in [7, 11) is 0. The fourth-order valence-electron chi connectivity index (χ4n) is 3.87. The van der Waals surface area contributed by atoms with Crippen LogP contribution in [0.25, 0.3) is 10.8 Å². The predicted molar refractivity (Wildman–Crippen MR) is 115 cm³/mol. The summed E-state index contributed by atoms with van der Waals surface area (Å²) in [6, 6.07) is 17.0. The Morgan fingerprint density at radius 2 is 1.83 bits per heavy atom. The van der Waals surface area contributed by atoms with Gasteiger partial charge in [0.2, 0.25) is 5.91 Å². The first kappa shape index (κ1) is 19.4. The summed E-state index contributed by atoms with van der Waals surface area (Å²) in [6.07, 6.45) is 1.27. The summed E-state index contributed by atoms with van der Waals surface area (Å²) in [5.41, 5.74) is 6.26. The number of nitrogens with zero attached hydrogens (tertiary/aromatic N) is 2. The number of anilines is 2. The van der Waals surface area contributed by atoms with Crippen molar-refractivity contribution < 1.29 is 14.5 Å². The number of primary amides is 1. The van der Waals surface area contributed by atoms with Gasteiger partial charge in [-0.1, -0.05) is 30.3 Å². The lowest BCUT2D eigenvalue weighted by Crippen LogP contribution is -2.40. The normalized spacial score (nSPS) is 15.9. The number of fused-ring (bicyclic) bond motifs is 1. The molecule has 3 N–H and O–H groups in total. The Labute approximate surface area is 172 Å². The van der Waals surface area contributed by atoms with Crippen molar-refractivity contribution in [2.45, 2.75) is 18.9 Å². The maximum Gasteiger partial charge on any atom is 0.293 e. The summed E-state index contributed by atoms with van der Waals surface area (Å²) in [5, 5.41) is 16.5. The Hall–Kier alpha value is -3.94. The third-order valence-electron chi connectivity index (χ3n) is 5.33. The molecule has 2 amide bonds. The highest BCUT2D eigenvalue weighted by Gasteiger charge is 2.33. The molecule has 1 saturated heterocycles. The van der Waals surface area contributed by atoms with E-state index < -0.39 is 22.8 Å². The molecule has 1 aliphatic heterocycles. The lowest BCUT2D eigenvalue weighted by Gasteiger charge is -2.24. The number of hydrogen-bond acceptors (Lipinski definition) is 5. The molecule has 1 fully saturated rings. The van der Waals surface area contributed by atoms with Gasteiger partial charge in [-0.05, 0) is 47.9 Å². The topological polar surface area (TPSA) is 119 Å². The molecule has 8 nitrogen and oxygen atoms in total. The Balaban J connectivity index is 1.62. The Bertz CT molecular complexity index is 1160. The number of amides is 2. The van der Waals surface area contributed by atoms with Crippen molar-refractivity contribution in [1.82, 2.24) is 0 Å². The first-order valence-electron chi connectivity index (χ1n) is 9.58. The van der Waals surface area contributed by atoms with Crippen LogP contribution in [0.15, 0.2) is 60.7 Å². The summed E-state index contributed by atoms with van der Waals surface area (Å²) >= 11 is 0. The van der Waals surface area contributed by atoms with Crippen LogP contribution in [0.2, 0.25) is 0 Å². The molecule has 0 radical (unpaired) electrons. The second kappa shape index (κ2) is 7.82. The fourth-order valence-corrected chi connectivity index (χ4v) is 3.87. The molecule has 0 saturated carbocycles. The van der Waals surface area contributed by atoms with Crippen LogP contribution in [0.3, 0.4) is 0 Å². The van der Waals surface area contributed by atoms with E-state index in [2.05, 4.69) is 5.32 Å². The molecule has 0 spiro atoms. The van der Waals surface area contributed by atoms with E-state index in [-0.39, 0.29) is 11.3 Å². The van der Waals surface area contributed by atoms with Crippen molar-refractivity contribution in [2.24, 2.45) is 5.73 Å². The third kappa shape index (κ3) is 3.67. The van der Waals surface area contributed by atoms with E-state index in [1.807, 2.05) is 36.4 Å². The molecular formula is C22H20N4O4. The highest BCUT2D eigenvalue weighted by Crippen LogP contribution is 2.34. The van der Waals surface area contributed by atoms with E-state index in [0.29, 0.717) is 24.3 Å². The van der Waals surface area contributed by atoms with Crippen LogP contribution >= 0.6 is 0 Å². The van der Waals surface area contributed by atoms with Gasteiger partial charge in [-0.25, -0.2) is 0 Å². The van der Waals surface area contributed by atoms with Gasteiger partial charge in [0, 0.05) is 23.9 Å². The number of carbonyl (C=O) groups excluding carboxylic acids is 2. The zero-order valence-corrected chi connectivity index (χ0v) is 16.1. The summed E-state index contributed by atoms with van der Waals surface area (Å²) < 4.78 is 0. The minimum Gasteiger partial charge on any atom is -0.368 e. The number of nitro groups is 1. The number of nitro benzene ring substituents is 1. The van der Waals surface area contributed by atoms with Gasteiger partial charge in [0.25, 0.3) is 11.6 Å². The molecule has 30 heavy (non-hydrogen) atoms. The average molecular weight is 404 g/mol. The van der Waals surface area contributed by atoms with Crippen molar-refractivity contribution in [1.29, 1.82) is 0 Å².